The first-order valence-electron chi connectivity index (χ1n) is 13.0. The summed E-state index contributed by atoms with van der Waals surface area (Å²) in [5.41, 5.74) is 6.72. The number of alkyl halides is 3. The molecule has 0 bridgehead atoms. The van der Waals surface area contributed by atoms with Gasteiger partial charge in [0.15, 0.2) is 0 Å². The molecule has 2 aliphatic rings. The lowest BCUT2D eigenvalue weighted by molar-refractivity contribution is -0.198. The number of benzene rings is 2. The molecule has 41 heavy (non-hydrogen) atoms. The summed E-state index contributed by atoms with van der Waals surface area (Å²) in [5.74, 6) is -1.12. The van der Waals surface area contributed by atoms with Gasteiger partial charge in [0.25, 0.3) is 0 Å². The molecule has 5 rings (SSSR count). The number of halogens is 4. The van der Waals surface area contributed by atoms with Crippen LogP contribution in [0.2, 0.25) is 5.02 Å². The molecule has 5 N–H and O–H groups in total. The molecular formula is C28H29ClF3N5O4. The fraction of sp³-hybridized carbons (Fsp3) is 0.393. The van der Waals surface area contributed by atoms with Gasteiger partial charge < -0.3 is 30.9 Å². The summed E-state index contributed by atoms with van der Waals surface area (Å²) in [6, 6.07) is 11.3. The topological polar surface area (TPSA) is 134 Å². The highest BCUT2D eigenvalue weighted by Gasteiger charge is 2.46. The van der Waals surface area contributed by atoms with Gasteiger partial charge in [0, 0.05) is 36.3 Å². The number of carboxylic acids is 1. The van der Waals surface area contributed by atoms with E-state index in [1.54, 1.807) is 24.3 Å². The number of nitrogen functional groups attached to an aromatic ring is 1. The number of hydrogen-bond acceptors (Lipinski definition) is 8. The van der Waals surface area contributed by atoms with Crippen LogP contribution in [0.1, 0.15) is 36.5 Å². The lowest BCUT2D eigenvalue weighted by Gasteiger charge is -2.39. The first kappa shape index (κ1) is 28.9. The first-order valence-corrected chi connectivity index (χ1v) is 13.4. The van der Waals surface area contributed by atoms with Crippen LogP contribution in [0, 0.1) is 5.41 Å². The summed E-state index contributed by atoms with van der Waals surface area (Å²) in [7, 11) is 0. The van der Waals surface area contributed by atoms with Crippen LogP contribution in [0.5, 0.6) is 5.88 Å². The summed E-state index contributed by atoms with van der Waals surface area (Å²) >= 11 is 6.17. The van der Waals surface area contributed by atoms with E-state index in [9.17, 15) is 28.2 Å². The van der Waals surface area contributed by atoms with Crippen molar-refractivity contribution in [3.63, 3.8) is 0 Å². The lowest BCUT2D eigenvalue weighted by atomic mass is 9.76. The van der Waals surface area contributed by atoms with Gasteiger partial charge in [-0.15, -0.1) is 0 Å². The van der Waals surface area contributed by atoms with Crippen LogP contribution in [0.25, 0.3) is 11.1 Å². The Labute approximate surface area is 239 Å². The first-order chi connectivity index (χ1) is 19.5. The number of nitrogens with one attached hydrogen (secondary N) is 1. The van der Waals surface area contributed by atoms with Gasteiger partial charge in [-0.1, -0.05) is 35.9 Å². The predicted octanol–water partition coefficient (Wildman–Crippen LogP) is 4.59. The molecule has 0 amide bonds. The maximum atomic E-state index is 14.5. The van der Waals surface area contributed by atoms with E-state index in [1.807, 2.05) is 4.90 Å². The van der Waals surface area contributed by atoms with Crippen molar-refractivity contribution in [2.45, 2.75) is 44.2 Å². The van der Waals surface area contributed by atoms with Crippen LogP contribution in [0.3, 0.4) is 0 Å². The second-order valence-corrected chi connectivity index (χ2v) is 11.0. The number of aromatic nitrogens is 2. The standard InChI is InChI=1S/C28H29ClF3N5O4/c29-18-4-5-19(20(11-18)17-3-1-2-16(10-17)14-38)24(28(30,31)32)41-23-12-22(35-26(33)36-23)37-8-6-27(7-9-37)13-21(25(39)40)34-15-27/h1-5,10-12,21,24,34,38H,6-9,13-15H2,(H,39,40)(H2,33,35,36)/t21?,24-/m1/s1. The van der Waals surface area contributed by atoms with Crippen LogP contribution < -0.4 is 20.7 Å². The van der Waals surface area contributed by atoms with E-state index < -0.39 is 24.3 Å². The third-order valence-electron chi connectivity index (χ3n) is 7.77. The Hall–Kier alpha value is -3.61. The number of anilines is 2. The van der Waals surface area contributed by atoms with E-state index in [2.05, 4.69) is 15.3 Å². The molecule has 2 atom stereocenters. The molecule has 0 saturated carbocycles. The number of aliphatic hydroxyl groups excluding tert-OH is 1. The molecule has 9 nitrogen and oxygen atoms in total. The van der Waals surface area contributed by atoms with Crippen LogP contribution in [0.4, 0.5) is 24.9 Å². The maximum absolute atomic E-state index is 14.5. The van der Waals surface area contributed by atoms with Crippen molar-refractivity contribution < 1.29 is 32.9 Å². The predicted molar refractivity (Wildman–Crippen MR) is 147 cm³/mol. The SMILES string of the molecule is Nc1nc(O[C@H](c2ccc(Cl)cc2-c2cccc(CO)c2)C(F)(F)F)cc(N2CCC3(CC2)CNC(C(=O)O)C3)n1. The minimum absolute atomic E-state index is 0.156. The van der Waals surface area contributed by atoms with Gasteiger partial charge in [-0.2, -0.15) is 23.1 Å². The van der Waals surface area contributed by atoms with Crippen molar-refractivity contribution in [2.24, 2.45) is 5.41 Å². The number of nitrogens with zero attached hydrogens (tertiary/aromatic N) is 3. The summed E-state index contributed by atoms with van der Waals surface area (Å²) in [6.07, 6.45) is -5.33. The molecule has 2 saturated heterocycles. The molecule has 1 spiro atoms. The zero-order chi connectivity index (χ0) is 29.4. The second-order valence-electron chi connectivity index (χ2n) is 10.5. The number of aliphatic carboxylic acids is 1. The summed E-state index contributed by atoms with van der Waals surface area (Å²) in [5, 5.41) is 22.2. The fourth-order valence-electron chi connectivity index (χ4n) is 5.61. The number of ether oxygens (including phenoxy) is 1. The van der Waals surface area contributed by atoms with E-state index in [0.29, 0.717) is 55.8 Å². The van der Waals surface area contributed by atoms with Gasteiger partial charge in [0.1, 0.15) is 11.9 Å². The molecule has 1 aromatic heterocycles. The zero-order valence-electron chi connectivity index (χ0n) is 21.9. The third kappa shape index (κ3) is 6.34. The van der Waals surface area contributed by atoms with Gasteiger partial charge in [0.05, 0.1) is 6.61 Å². The monoisotopic (exact) mass is 591 g/mol. The molecule has 2 fully saturated rings. The van der Waals surface area contributed by atoms with Crippen molar-refractivity contribution in [1.82, 2.24) is 15.3 Å². The summed E-state index contributed by atoms with van der Waals surface area (Å²) < 4.78 is 49.1. The molecule has 13 heteroatoms. The molecular weight excluding hydrogens is 563 g/mol. The van der Waals surface area contributed by atoms with Crippen LogP contribution in [-0.4, -0.2) is 58.0 Å². The zero-order valence-corrected chi connectivity index (χ0v) is 22.6. The average Bonchev–Trinajstić information content (AvgIpc) is 3.35. The number of nitrogens with two attached hydrogens (primary N) is 1. The second kappa shape index (κ2) is 11.3. The summed E-state index contributed by atoms with van der Waals surface area (Å²) in [6.45, 7) is 1.36. The maximum Gasteiger partial charge on any atom is 0.429 e. The Morgan fingerprint density at radius 3 is 2.61 bits per heavy atom. The van der Waals surface area contributed by atoms with Crippen LogP contribution in [0.15, 0.2) is 48.5 Å². The van der Waals surface area contributed by atoms with E-state index in [-0.39, 0.29) is 40.0 Å². The van der Waals surface area contributed by atoms with Gasteiger partial charge in [0.2, 0.25) is 17.9 Å². The molecule has 0 aliphatic carbocycles. The Kier molecular flexibility index (Phi) is 8.00. The minimum Gasteiger partial charge on any atom is -0.480 e. The van der Waals surface area contributed by atoms with Gasteiger partial charge >= 0.3 is 12.1 Å². The Balaban J connectivity index is 1.42. The smallest absolute Gasteiger partial charge is 0.429 e. The van der Waals surface area contributed by atoms with E-state index in [1.165, 1.54) is 24.3 Å². The van der Waals surface area contributed by atoms with Crippen molar-refractivity contribution in [1.29, 1.82) is 0 Å². The lowest BCUT2D eigenvalue weighted by Crippen LogP contribution is -2.41. The third-order valence-corrected chi connectivity index (χ3v) is 8.00. The number of aliphatic hydroxyl groups is 1. The van der Waals surface area contributed by atoms with E-state index in [4.69, 9.17) is 22.1 Å². The highest BCUT2D eigenvalue weighted by atomic mass is 35.5. The number of carbonyl (C=O) groups is 1. The molecule has 218 valence electrons. The Morgan fingerprint density at radius 1 is 1.20 bits per heavy atom. The molecule has 1 unspecified atom stereocenters. The van der Waals surface area contributed by atoms with Crippen molar-refractivity contribution in [2.75, 3.05) is 30.3 Å². The number of hydrogen-bond donors (Lipinski definition) is 4. The number of carboxylic acid groups (broad SMARTS) is 1. The van der Waals surface area contributed by atoms with Gasteiger partial charge in [-0.3, -0.25) is 4.79 Å². The van der Waals surface area contributed by atoms with Crippen LogP contribution >= 0.6 is 11.6 Å². The molecule has 3 heterocycles. The number of rotatable bonds is 7. The van der Waals surface area contributed by atoms with E-state index in [0.717, 1.165) is 0 Å². The molecule has 2 aliphatic heterocycles. The number of piperidine rings is 1. The van der Waals surface area contributed by atoms with Gasteiger partial charge in [-0.05, 0) is 59.6 Å². The Bertz CT molecular complexity index is 1430. The quantitative estimate of drug-likeness (QED) is 0.311. The summed E-state index contributed by atoms with van der Waals surface area (Å²) in [4.78, 5) is 21.4. The highest BCUT2D eigenvalue weighted by Crippen LogP contribution is 2.43. The molecule has 0 radical (unpaired) electrons. The normalized spacial score (nSPS) is 19.3. The fourth-order valence-corrected chi connectivity index (χ4v) is 5.78. The van der Waals surface area contributed by atoms with Crippen molar-refractivity contribution in [3.05, 3.63) is 64.7 Å². The largest absolute Gasteiger partial charge is 0.480 e. The van der Waals surface area contributed by atoms with E-state index >= 15 is 0 Å². The van der Waals surface area contributed by atoms with Gasteiger partial charge in [-0.25, -0.2) is 0 Å². The van der Waals surface area contributed by atoms with Crippen LogP contribution in [-0.2, 0) is 11.4 Å². The minimum atomic E-state index is -4.83. The average molecular weight is 592 g/mol. The molecule has 3 aromatic rings. The van der Waals surface area contributed by atoms with Crippen molar-refractivity contribution in [3.8, 4) is 17.0 Å². The van der Waals surface area contributed by atoms with Crippen molar-refractivity contribution >= 4 is 29.3 Å². The Morgan fingerprint density at radius 2 is 1.95 bits per heavy atom. The highest BCUT2D eigenvalue weighted by molar-refractivity contribution is 6.30. The molecule has 2 aromatic carbocycles.